The summed E-state index contributed by atoms with van der Waals surface area (Å²) in [6.07, 6.45) is 11.3. The molecule has 4 heterocycles. The van der Waals surface area contributed by atoms with E-state index in [1.54, 1.807) is 6.20 Å². The number of amides is 3. The molecule has 10 heteroatoms. The number of nitrogens with one attached hydrogen (secondary N) is 2. The smallest absolute Gasteiger partial charge is 0.318 e. The van der Waals surface area contributed by atoms with Crippen molar-refractivity contribution in [1.82, 2.24) is 25.1 Å². The van der Waals surface area contributed by atoms with E-state index in [1.165, 1.54) is 68.3 Å². The monoisotopic (exact) mass is 608 g/mol. The Bertz CT molecular complexity index is 1490. The Morgan fingerprint density at radius 1 is 0.844 bits per heavy atom. The summed E-state index contributed by atoms with van der Waals surface area (Å²) in [5.74, 6) is 0.950. The Morgan fingerprint density at radius 3 is 2.24 bits per heavy atom. The van der Waals surface area contributed by atoms with E-state index < -0.39 is 5.91 Å². The summed E-state index contributed by atoms with van der Waals surface area (Å²) in [7, 11) is 0. The minimum atomic E-state index is -0.627. The first-order valence-corrected chi connectivity index (χ1v) is 16.7. The highest BCUT2D eigenvalue weighted by Crippen LogP contribution is 2.33. The molecule has 3 aromatic rings. The molecule has 0 radical (unpaired) electrons. The Balaban J connectivity index is 0.981. The summed E-state index contributed by atoms with van der Waals surface area (Å²) in [4.78, 5) is 41.3. The number of hydrogen-bond acceptors (Lipinski definition) is 7. The quantitative estimate of drug-likeness (QED) is 0.340. The van der Waals surface area contributed by atoms with Crippen LogP contribution in [0.4, 0.5) is 22.1 Å². The summed E-state index contributed by atoms with van der Waals surface area (Å²) >= 11 is 0. The number of fused-ring (bicyclic) bond motifs is 1. The minimum Gasteiger partial charge on any atom is -0.364 e. The molecule has 3 aliphatic heterocycles. The van der Waals surface area contributed by atoms with Crippen molar-refractivity contribution in [3.05, 3.63) is 77.1 Å². The van der Waals surface area contributed by atoms with E-state index in [1.807, 2.05) is 17.0 Å². The van der Waals surface area contributed by atoms with Crippen LogP contribution in [0.15, 0.2) is 54.7 Å². The number of rotatable bonds is 7. The zero-order valence-corrected chi connectivity index (χ0v) is 26.0. The number of anilines is 3. The molecule has 236 valence electrons. The van der Waals surface area contributed by atoms with Crippen molar-refractivity contribution in [2.75, 3.05) is 36.4 Å². The third-order valence-corrected chi connectivity index (χ3v) is 10.2. The van der Waals surface area contributed by atoms with Crippen LogP contribution in [0, 0.1) is 0 Å². The number of nitrogens with zero attached hydrogens (tertiary/aromatic N) is 5. The molecule has 4 aliphatic rings. The van der Waals surface area contributed by atoms with Crippen LogP contribution in [0.1, 0.15) is 84.5 Å². The van der Waals surface area contributed by atoms with Gasteiger partial charge in [-0.3, -0.25) is 4.79 Å². The molecule has 7 rings (SSSR count). The van der Waals surface area contributed by atoms with Crippen LogP contribution in [0.5, 0.6) is 0 Å². The molecule has 0 bridgehead atoms. The van der Waals surface area contributed by atoms with Gasteiger partial charge in [0, 0.05) is 44.0 Å². The summed E-state index contributed by atoms with van der Waals surface area (Å²) < 4.78 is 0. The summed E-state index contributed by atoms with van der Waals surface area (Å²) in [6.45, 7) is 5.05. The highest BCUT2D eigenvalue weighted by Gasteiger charge is 2.29. The van der Waals surface area contributed by atoms with Gasteiger partial charge < -0.3 is 31.1 Å². The minimum absolute atomic E-state index is 0.0124. The van der Waals surface area contributed by atoms with Crippen LogP contribution in [-0.4, -0.2) is 70.0 Å². The molecule has 3 fully saturated rings. The predicted octanol–water partition coefficient (Wildman–Crippen LogP) is 5.14. The second-order valence-electron chi connectivity index (χ2n) is 13.1. The summed E-state index contributed by atoms with van der Waals surface area (Å²) in [6, 6.07) is 17.4. The normalized spacial score (nSPS) is 21.1. The lowest BCUT2D eigenvalue weighted by molar-refractivity contribution is 0.0996. The Morgan fingerprint density at radius 2 is 1.56 bits per heavy atom. The lowest BCUT2D eigenvalue weighted by Crippen LogP contribution is -2.51. The molecule has 10 nitrogen and oxygen atoms in total. The first-order chi connectivity index (χ1) is 22.0. The first kappa shape index (κ1) is 29.5. The highest BCUT2D eigenvalue weighted by molar-refractivity contribution is 5.96. The maximum atomic E-state index is 13.1. The Hall–Kier alpha value is -4.18. The van der Waals surface area contributed by atoms with Gasteiger partial charge in [0.05, 0.1) is 6.20 Å². The van der Waals surface area contributed by atoms with Crippen LogP contribution >= 0.6 is 0 Å². The lowest BCUT2D eigenvalue weighted by atomic mass is 9.88. The van der Waals surface area contributed by atoms with Crippen molar-refractivity contribution in [3.63, 3.8) is 0 Å². The predicted molar refractivity (Wildman–Crippen MR) is 176 cm³/mol. The standard InChI is InChI=1S/C35H44N8O2/c36-33(44)32-34(38-28-13-11-24(12-14-28)25-15-18-41(19-16-25)30-9-3-4-10-30)40-31(20-37-32)42-17-5-8-29(23-42)39-35(45)43-21-26-6-1-2-7-27(26)22-43/h1-2,6-7,11-14,20,25,29-30H,3-5,8-10,15-19,21-23H2,(H2,36,44)(H,38,40)(H,39,45)/t29-/m1/s1. The zero-order chi connectivity index (χ0) is 30.8. The van der Waals surface area contributed by atoms with Gasteiger partial charge in [0.2, 0.25) is 0 Å². The van der Waals surface area contributed by atoms with Crippen LogP contribution in [0.25, 0.3) is 0 Å². The fourth-order valence-electron chi connectivity index (χ4n) is 7.69. The van der Waals surface area contributed by atoms with Crippen molar-refractivity contribution >= 4 is 29.3 Å². The molecule has 4 N–H and O–H groups in total. The van der Waals surface area contributed by atoms with E-state index >= 15 is 0 Å². The third-order valence-electron chi connectivity index (χ3n) is 10.2. The summed E-state index contributed by atoms with van der Waals surface area (Å²) in [5, 5.41) is 6.54. The van der Waals surface area contributed by atoms with Gasteiger partial charge in [-0.05, 0) is 86.4 Å². The Kier molecular flexibility index (Phi) is 8.56. The van der Waals surface area contributed by atoms with E-state index in [0.717, 1.165) is 31.1 Å². The van der Waals surface area contributed by atoms with Crippen LogP contribution in [0.2, 0.25) is 0 Å². The third kappa shape index (κ3) is 6.61. The molecule has 1 aromatic heterocycles. The summed E-state index contributed by atoms with van der Waals surface area (Å²) in [5.41, 5.74) is 10.4. The van der Waals surface area contributed by atoms with Gasteiger partial charge in [0.15, 0.2) is 11.5 Å². The van der Waals surface area contributed by atoms with E-state index in [4.69, 9.17) is 10.7 Å². The first-order valence-electron chi connectivity index (χ1n) is 16.7. The van der Waals surface area contributed by atoms with Gasteiger partial charge >= 0.3 is 6.03 Å². The fraction of sp³-hybridized carbons (Fsp3) is 0.486. The molecule has 1 saturated carbocycles. The molecule has 1 atom stereocenters. The molecule has 2 saturated heterocycles. The topological polar surface area (TPSA) is 120 Å². The number of carbonyl (C=O) groups excluding carboxylic acids is 2. The molecular formula is C35H44N8O2. The number of hydrogen-bond donors (Lipinski definition) is 3. The molecule has 0 spiro atoms. The van der Waals surface area contributed by atoms with E-state index in [0.29, 0.717) is 37.2 Å². The molecular weight excluding hydrogens is 564 g/mol. The number of nitrogens with two attached hydrogens (primary N) is 1. The number of piperidine rings is 2. The van der Waals surface area contributed by atoms with E-state index in [9.17, 15) is 9.59 Å². The van der Waals surface area contributed by atoms with Crippen LogP contribution < -0.4 is 21.3 Å². The average molecular weight is 609 g/mol. The molecule has 45 heavy (non-hydrogen) atoms. The molecule has 1 aliphatic carbocycles. The SMILES string of the molecule is NC(=O)c1ncc(N2CCC[C@@H](NC(=O)N3Cc4ccccc4C3)C2)nc1Nc1ccc(C2CCN(C3CCCC3)CC2)cc1. The van der Waals surface area contributed by atoms with Gasteiger partial charge in [-0.25, -0.2) is 14.8 Å². The number of aromatic nitrogens is 2. The number of likely N-dealkylation sites (tertiary alicyclic amines) is 1. The van der Waals surface area contributed by atoms with Gasteiger partial charge in [-0.2, -0.15) is 0 Å². The van der Waals surface area contributed by atoms with Crippen molar-refractivity contribution < 1.29 is 9.59 Å². The van der Waals surface area contributed by atoms with Crippen molar-refractivity contribution in [2.24, 2.45) is 5.73 Å². The number of benzene rings is 2. The van der Waals surface area contributed by atoms with Gasteiger partial charge in [-0.1, -0.05) is 49.2 Å². The zero-order valence-electron chi connectivity index (χ0n) is 26.0. The van der Waals surface area contributed by atoms with Gasteiger partial charge in [0.1, 0.15) is 5.82 Å². The van der Waals surface area contributed by atoms with Crippen molar-refractivity contribution in [2.45, 2.75) is 82.5 Å². The fourth-order valence-corrected chi connectivity index (χ4v) is 7.69. The molecule has 0 unspecified atom stereocenters. The molecule has 2 aromatic carbocycles. The maximum Gasteiger partial charge on any atom is 0.318 e. The number of primary amides is 1. The van der Waals surface area contributed by atoms with Gasteiger partial charge in [-0.15, -0.1) is 0 Å². The highest BCUT2D eigenvalue weighted by atomic mass is 16.2. The van der Waals surface area contributed by atoms with Crippen molar-refractivity contribution in [1.29, 1.82) is 0 Å². The largest absolute Gasteiger partial charge is 0.364 e. The van der Waals surface area contributed by atoms with Crippen molar-refractivity contribution in [3.8, 4) is 0 Å². The van der Waals surface area contributed by atoms with E-state index in [-0.39, 0.29) is 17.8 Å². The maximum absolute atomic E-state index is 13.1. The van der Waals surface area contributed by atoms with Crippen LogP contribution in [0.3, 0.4) is 0 Å². The molecule has 3 amide bonds. The number of urea groups is 1. The second-order valence-corrected chi connectivity index (χ2v) is 13.1. The Labute approximate surface area is 265 Å². The van der Waals surface area contributed by atoms with Crippen LogP contribution in [-0.2, 0) is 13.1 Å². The number of carbonyl (C=O) groups is 2. The lowest BCUT2D eigenvalue weighted by Gasteiger charge is -2.36. The second kappa shape index (κ2) is 13.0. The average Bonchev–Trinajstić information content (AvgIpc) is 3.76. The van der Waals surface area contributed by atoms with E-state index in [2.05, 4.69) is 61.8 Å². The van der Waals surface area contributed by atoms with Gasteiger partial charge in [0.25, 0.3) is 5.91 Å².